The summed E-state index contributed by atoms with van der Waals surface area (Å²) >= 11 is 0. The van der Waals surface area contributed by atoms with E-state index < -0.39 is 6.10 Å². The van der Waals surface area contributed by atoms with E-state index in [-0.39, 0.29) is 0 Å². The van der Waals surface area contributed by atoms with Gasteiger partial charge >= 0.3 is 0 Å². The van der Waals surface area contributed by atoms with Crippen molar-refractivity contribution in [2.45, 2.75) is 12.7 Å². The highest BCUT2D eigenvalue weighted by molar-refractivity contribution is 5.31. The summed E-state index contributed by atoms with van der Waals surface area (Å²) in [7, 11) is 0. The zero-order valence-corrected chi connectivity index (χ0v) is 10.6. The largest absolute Gasteiger partial charge is 0.489 e. The van der Waals surface area contributed by atoms with Gasteiger partial charge in [-0.1, -0.05) is 49.0 Å². The van der Waals surface area contributed by atoms with Gasteiger partial charge in [0, 0.05) is 0 Å². The summed E-state index contributed by atoms with van der Waals surface area (Å²) in [5.74, 6) is 0.734. The number of hydrogen-bond acceptors (Lipinski definition) is 2. The van der Waals surface area contributed by atoms with Crippen LogP contribution in [0, 0.1) is 0 Å². The first kappa shape index (κ1) is 13.2. The highest BCUT2D eigenvalue weighted by Gasteiger charge is 2.04. The van der Waals surface area contributed by atoms with Gasteiger partial charge in [0.15, 0.2) is 0 Å². The van der Waals surface area contributed by atoms with Crippen LogP contribution in [0.1, 0.15) is 17.2 Å². The molecule has 0 aliphatic carbocycles. The first-order valence-corrected chi connectivity index (χ1v) is 6.10. The standard InChI is InChI=1S/C17H16O2/c1-2-7-17(18)15-10-6-11-16(12-15)19-13-14-8-4-3-5-9-14/h3-12,17-18H,1,13H2. The van der Waals surface area contributed by atoms with E-state index in [1.807, 2.05) is 54.6 Å². The van der Waals surface area contributed by atoms with Crippen molar-refractivity contribution < 1.29 is 9.84 Å². The molecular formula is C17H16O2. The van der Waals surface area contributed by atoms with Crippen molar-refractivity contribution in [1.29, 1.82) is 0 Å². The molecule has 96 valence electrons. The smallest absolute Gasteiger partial charge is 0.120 e. The lowest BCUT2D eigenvalue weighted by Gasteiger charge is -2.09. The number of rotatable bonds is 5. The molecule has 0 aliphatic rings. The fourth-order valence-corrected chi connectivity index (χ4v) is 1.74. The zero-order valence-electron chi connectivity index (χ0n) is 10.6. The Balaban J connectivity index is 2.05. The molecule has 2 rings (SSSR count). The molecule has 0 bridgehead atoms. The van der Waals surface area contributed by atoms with Crippen molar-refractivity contribution >= 4 is 0 Å². The molecule has 0 fully saturated rings. The normalized spacial score (nSPS) is 11.4. The van der Waals surface area contributed by atoms with Crippen LogP contribution in [0.4, 0.5) is 0 Å². The molecule has 0 spiro atoms. The second-order valence-electron chi connectivity index (χ2n) is 4.16. The van der Waals surface area contributed by atoms with E-state index in [1.165, 1.54) is 6.08 Å². The van der Waals surface area contributed by atoms with Gasteiger partial charge in [0.25, 0.3) is 0 Å². The summed E-state index contributed by atoms with van der Waals surface area (Å²) in [6, 6.07) is 17.4. The Morgan fingerprint density at radius 1 is 1.16 bits per heavy atom. The van der Waals surface area contributed by atoms with Crippen molar-refractivity contribution in [1.82, 2.24) is 0 Å². The van der Waals surface area contributed by atoms with Crippen molar-refractivity contribution in [2.75, 3.05) is 0 Å². The van der Waals surface area contributed by atoms with Crippen molar-refractivity contribution in [3.63, 3.8) is 0 Å². The third-order valence-electron chi connectivity index (χ3n) is 2.72. The Kier molecular flexibility index (Phi) is 4.57. The van der Waals surface area contributed by atoms with Gasteiger partial charge in [-0.15, -0.1) is 5.73 Å². The highest BCUT2D eigenvalue weighted by atomic mass is 16.5. The van der Waals surface area contributed by atoms with E-state index >= 15 is 0 Å². The number of aliphatic hydroxyl groups excluding tert-OH is 1. The van der Waals surface area contributed by atoms with Gasteiger partial charge in [0.1, 0.15) is 18.5 Å². The molecule has 2 heteroatoms. The fraction of sp³-hybridized carbons (Fsp3) is 0.118. The highest BCUT2D eigenvalue weighted by Crippen LogP contribution is 2.20. The van der Waals surface area contributed by atoms with Crippen LogP contribution in [-0.4, -0.2) is 5.11 Å². The molecule has 0 heterocycles. The molecule has 2 aromatic rings. The molecule has 19 heavy (non-hydrogen) atoms. The van der Waals surface area contributed by atoms with E-state index in [4.69, 9.17) is 4.74 Å². The third-order valence-corrected chi connectivity index (χ3v) is 2.72. The Labute approximate surface area is 113 Å². The average Bonchev–Trinajstić information content (AvgIpc) is 2.47. The van der Waals surface area contributed by atoms with Crippen LogP contribution >= 0.6 is 0 Å². The van der Waals surface area contributed by atoms with E-state index in [9.17, 15) is 5.11 Å². The molecule has 0 saturated carbocycles. The van der Waals surface area contributed by atoms with Crippen LogP contribution in [0.5, 0.6) is 5.75 Å². The van der Waals surface area contributed by atoms with Crippen LogP contribution in [0.15, 0.2) is 73.0 Å². The molecule has 0 saturated heterocycles. The molecule has 2 nitrogen and oxygen atoms in total. The maximum atomic E-state index is 9.82. The number of aliphatic hydroxyl groups is 1. The predicted molar refractivity (Wildman–Crippen MR) is 75.9 cm³/mol. The summed E-state index contributed by atoms with van der Waals surface area (Å²) in [4.78, 5) is 0. The summed E-state index contributed by atoms with van der Waals surface area (Å²) < 4.78 is 5.70. The molecular weight excluding hydrogens is 236 g/mol. The molecule has 1 unspecified atom stereocenters. The minimum Gasteiger partial charge on any atom is -0.489 e. The Morgan fingerprint density at radius 3 is 2.68 bits per heavy atom. The van der Waals surface area contributed by atoms with E-state index in [1.54, 1.807) is 0 Å². The molecule has 1 atom stereocenters. The van der Waals surface area contributed by atoms with Gasteiger partial charge in [-0.25, -0.2) is 0 Å². The van der Waals surface area contributed by atoms with E-state index in [0.29, 0.717) is 6.61 Å². The Hall–Kier alpha value is -2.28. The van der Waals surface area contributed by atoms with Gasteiger partial charge in [-0.3, -0.25) is 0 Å². The van der Waals surface area contributed by atoms with Gasteiger partial charge in [0.2, 0.25) is 0 Å². The quantitative estimate of drug-likeness (QED) is 0.823. The third kappa shape index (κ3) is 3.85. The minimum absolute atomic E-state index is 0.512. The van der Waals surface area contributed by atoms with Crippen LogP contribution in [0.2, 0.25) is 0 Å². The lowest BCUT2D eigenvalue weighted by atomic mass is 10.1. The molecule has 2 aromatic carbocycles. The molecule has 0 aromatic heterocycles. The van der Waals surface area contributed by atoms with Crippen LogP contribution < -0.4 is 4.74 Å². The topological polar surface area (TPSA) is 29.5 Å². The van der Waals surface area contributed by atoms with E-state index in [2.05, 4.69) is 12.3 Å². The van der Waals surface area contributed by atoms with E-state index in [0.717, 1.165) is 16.9 Å². The fourth-order valence-electron chi connectivity index (χ4n) is 1.74. The molecule has 1 N–H and O–H groups in total. The van der Waals surface area contributed by atoms with Gasteiger partial charge in [-0.05, 0) is 29.3 Å². The van der Waals surface area contributed by atoms with Crippen LogP contribution in [0.3, 0.4) is 0 Å². The first-order valence-electron chi connectivity index (χ1n) is 6.10. The lowest BCUT2D eigenvalue weighted by molar-refractivity contribution is 0.227. The average molecular weight is 252 g/mol. The summed E-state index contributed by atoms with van der Waals surface area (Å²) in [6.45, 7) is 3.96. The van der Waals surface area contributed by atoms with Crippen LogP contribution in [-0.2, 0) is 6.61 Å². The zero-order chi connectivity index (χ0) is 13.5. The Bertz CT molecular complexity index is 569. The maximum absolute atomic E-state index is 9.82. The Morgan fingerprint density at radius 2 is 1.95 bits per heavy atom. The predicted octanol–water partition coefficient (Wildman–Crippen LogP) is 3.64. The molecule has 0 amide bonds. The monoisotopic (exact) mass is 252 g/mol. The summed E-state index contributed by atoms with van der Waals surface area (Å²) in [6.07, 6.45) is 0.814. The summed E-state index contributed by atoms with van der Waals surface area (Å²) in [5.41, 5.74) is 4.45. The van der Waals surface area contributed by atoms with Crippen molar-refractivity contribution in [3.05, 3.63) is 84.1 Å². The first-order chi connectivity index (χ1) is 9.29. The SMILES string of the molecule is C=C=CC(O)c1cccc(OCc2ccccc2)c1. The van der Waals surface area contributed by atoms with Crippen molar-refractivity contribution in [2.24, 2.45) is 0 Å². The van der Waals surface area contributed by atoms with Gasteiger partial charge < -0.3 is 9.84 Å². The van der Waals surface area contributed by atoms with Gasteiger partial charge in [0.05, 0.1) is 0 Å². The second kappa shape index (κ2) is 6.60. The minimum atomic E-state index is -0.697. The second-order valence-corrected chi connectivity index (χ2v) is 4.16. The molecule has 0 radical (unpaired) electrons. The number of hydrogen-bond donors (Lipinski definition) is 1. The van der Waals surface area contributed by atoms with Gasteiger partial charge in [-0.2, -0.15) is 0 Å². The summed E-state index contributed by atoms with van der Waals surface area (Å²) in [5, 5.41) is 9.82. The maximum Gasteiger partial charge on any atom is 0.120 e. The van der Waals surface area contributed by atoms with Crippen molar-refractivity contribution in [3.8, 4) is 5.75 Å². The lowest BCUT2D eigenvalue weighted by Crippen LogP contribution is -1.97. The number of benzene rings is 2. The van der Waals surface area contributed by atoms with Crippen LogP contribution in [0.25, 0.3) is 0 Å². The molecule has 0 aliphatic heterocycles. The number of ether oxygens (including phenoxy) is 1.